The van der Waals surface area contributed by atoms with Crippen LogP contribution in [0.1, 0.15) is 11.1 Å². The van der Waals surface area contributed by atoms with Crippen molar-refractivity contribution in [2.24, 2.45) is 0 Å². The monoisotopic (exact) mass is 308 g/mol. The van der Waals surface area contributed by atoms with Gasteiger partial charge in [0.15, 0.2) is 0 Å². The molecule has 88 valence electrons. The molecule has 0 aromatic heterocycles. The first kappa shape index (κ1) is 12.7. The standard InChI is InChI=1S/C14H13BrOS/c1-10-8-11(9-16)2-7-14(10)17-13-5-3-12(15)4-6-13/h2-8,16H,9H2,1H3. The van der Waals surface area contributed by atoms with E-state index in [4.69, 9.17) is 5.11 Å². The lowest BCUT2D eigenvalue weighted by atomic mass is 10.1. The van der Waals surface area contributed by atoms with E-state index in [1.54, 1.807) is 11.8 Å². The van der Waals surface area contributed by atoms with Gasteiger partial charge in [0, 0.05) is 14.3 Å². The summed E-state index contributed by atoms with van der Waals surface area (Å²) in [4.78, 5) is 2.44. The molecular formula is C14H13BrOS. The van der Waals surface area contributed by atoms with Crippen molar-refractivity contribution in [2.45, 2.75) is 23.3 Å². The minimum absolute atomic E-state index is 0.101. The maximum absolute atomic E-state index is 9.06. The molecule has 0 bridgehead atoms. The van der Waals surface area contributed by atoms with Gasteiger partial charge in [-0.3, -0.25) is 0 Å². The van der Waals surface area contributed by atoms with Gasteiger partial charge in [-0.25, -0.2) is 0 Å². The molecule has 0 saturated carbocycles. The molecule has 0 fully saturated rings. The van der Waals surface area contributed by atoms with E-state index >= 15 is 0 Å². The Morgan fingerprint density at radius 3 is 2.41 bits per heavy atom. The highest BCUT2D eigenvalue weighted by Gasteiger charge is 2.02. The van der Waals surface area contributed by atoms with Crippen LogP contribution in [-0.4, -0.2) is 5.11 Å². The van der Waals surface area contributed by atoms with Crippen LogP contribution in [0.15, 0.2) is 56.7 Å². The van der Waals surface area contributed by atoms with E-state index in [9.17, 15) is 0 Å². The fraction of sp³-hybridized carbons (Fsp3) is 0.143. The van der Waals surface area contributed by atoms with Crippen LogP contribution >= 0.6 is 27.7 Å². The molecule has 0 unspecified atom stereocenters. The van der Waals surface area contributed by atoms with E-state index in [1.165, 1.54) is 15.4 Å². The van der Waals surface area contributed by atoms with Crippen LogP contribution in [0.4, 0.5) is 0 Å². The van der Waals surface area contributed by atoms with Crippen molar-refractivity contribution in [3.05, 3.63) is 58.1 Å². The summed E-state index contributed by atoms with van der Waals surface area (Å²) in [6.07, 6.45) is 0. The number of benzene rings is 2. The quantitative estimate of drug-likeness (QED) is 0.907. The molecule has 3 heteroatoms. The minimum atomic E-state index is 0.101. The van der Waals surface area contributed by atoms with Gasteiger partial charge in [0.25, 0.3) is 0 Å². The molecule has 0 aliphatic rings. The van der Waals surface area contributed by atoms with Crippen molar-refractivity contribution in [1.29, 1.82) is 0 Å². The zero-order valence-electron chi connectivity index (χ0n) is 9.48. The average molecular weight is 309 g/mol. The minimum Gasteiger partial charge on any atom is -0.392 e. The van der Waals surface area contributed by atoms with Crippen molar-refractivity contribution >= 4 is 27.7 Å². The van der Waals surface area contributed by atoms with Gasteiger partial charge in [-0.05, 0) is 48.4 Å². The van der Waals surface area contributed by atoms with Gasteiger partial charge in [0.1, 0.15) is 0 Å². The topological polar surface area (TPSA) is 20.2 Å². The number of aryl methyl sites for hydroxylation is 1. The first-order valence-electron chi connectivity index (χ1n) is 5.33. The van der Waals surface area contributed by atoms with Crippen LogP contribution in [0.3, 0.4) is 0 Å². The summed E-state index contributed by atoms with van der Waals surface area (Å²) in [5.41, 5.74) is 2.16. The second-order valence-electron chi connectivity index (χ2n) is 3.81. The Hall–Kier alpha value is -0.770. The molecule has 0 amide bonds. The van der Waals surface area contributed by atoms with Gasteiger partial charge in [-0.1, -0.05) is 39.8 Å². The lowest BCUT2D eigenvalue weighted by Crippen LogP contribution is -1.86. The van der Waals surface area contributed by atoms with Crippen molar-refractivity contribution in [1.82, 2.24) is 0 Å². The van der Waals surface area contributed by atoms with Gasteiger partial charge in [-0.2, -0.15) is 0 Å². The van der Waals surface area contributed by atoms with Gasteiger partial charge < -0.3 is 5.11 Å². The maximum atomic E-state index is 9.06. The van der Waals surface area contributed by atoms with Crippen molar-refractivity contribution in [3.8, 4) is 0 Å². The Morgan fingerprint density at radius 1 is 1.12 bits per heavy atom. The first-order chi connectivity index (χ1) is 8.19. The fourth-order valence-corrected chi connectivity index (χ4v) is 2.70. The lowest BCUT2D eigenvalue weighted by molar-refractivity contribution is 0.281. The molecular weight excluding hydrogens is 296 g/mol. The molecule has 0 heterocycles. The molecule has 0 spiro atoms. The molecule has 2 aromatic rings. The summed E-state index contributed by atoms with van der Waals surface area (Å²) in [5.74, 6) is 0. The number of aliphatic hydroxyl groups is 1. The molecule has 1 N–H and O–H groups in total. The van der Waals surface area contributed by atoms with Crippen molar-refractivity contribution < 1.29 is 5.11 Å². The highest BCUT2D eigenvalue weighted by Crippen LogP contribution is 2.31. The van der Waals surface area contributed by atoms with Crippen molar-refractivity contribution in [3.63, 3.8) is 0 Å². The first-order valence-corrected chi connectivity index (χ1v) is 6.94. The van der Waals surface area contributed by atoms with E-state index in [-0.39, 0.29) is 6.61 Å². The number of rotatable bonds is 3. The predicted molar refractivity (Wildman–Crippen MR) is 75.4 cm³/mol. The maximum Gasteiger partial charge on any atom is 0.0681 e. The molecule has 2 rings (SSSR count). The molecule has 0 aliphatic heterocycles. The molecule has 0 saturated heterocycles. The number of aliphatic hydroxyl groups excluding tert-OH is 1. The number of halogens is 1. The summed E-state index contributed by atoms with van der Waals surface area (Å²) >= 11 is 5.17. The van der Waals surface area contributed by atoms with Crippen LogP contribution in [0, 0.1) is 6.92 Å². The Balaban J connectivity index is 2.21. The van der Waals surface area contributed by atoms with E-state index in [2.05, 4.69) is 41.1 Å². The molecule has 1 nitrogen and oxygen atoms in total. The fourth-order valence-electron chi connectivity index (χ4n) is 1.55. The largest absolute Gasteiger partial charge is 0.392 e. The lowest BCUT2D eigenvalue weighted by Gasteiger charge is -2.07. The van der Waals surface area contributed by atoms with Crippen LogP contribution in [0.2, 0.25) is 0 Å². The molecule has 0 radical (unpaired) electrons. The van der Waals surface area contributed by atoms with Gasteiger partial charge in [-0.15, -0.1) is 0 Å². The zero-order chi connectivity index (χ0) is 12.3. The van der Waals surface area contributed by atoms with Crippen LogP contribution < -0.4 is 0 Å². The van der Waals surface area contributed by atoms with E-state index in [0.29, 0.717) is 0 Å². The highest BCUT2D eigenvalue weighted by molar-refractivity contribution is 9.10. The van der Waals surface area contributed by atoms with Gasteiger partial charge >= 0.3 is 0 Å². The summed E-state index contributed by atoms with van der Waals surface area (Å²) in [7, 11) is 0. The van der Waals surface area contributed by atoms with E-state index < -0.39 is 0 Å². The molecule has 0 aliphatic carbocycles. The number of hydrogen-bond donors (Lipinski definition) is 1. The van der Waals surface area contributed by atoms with E-state index in [1.807, 2.05) is 24.3 Å². The third-order valence-electron chi connectivity index (χ3n) is 2.46. The van der Waals surface area contributed by atoms with Crippen molar-refractivity contribution in [2.75, 3.05) is 0 Å². The summed E-state index contributed by atoms with van der Waals surface area (Å²) < 4.78 is 1.09. The Kier molecular flexibility index (Phi) is 4.26. The van der Waals surface area contributed by atoms with Gasteiger partial charge in [0.05, 0.1) is 6.61 Å². The molecule has 2 aromatic carbocycles. The third kappa shape index (κ3) is 3.35. The summed E-state index contributed by atoms with van der Waals surface area (Å²) in [5, 5.41) is 9.06. The smallest absolute Gasteiger partial charge is 0.0681 e. The Labute approximate surface area is 114 Å². The van der Waals surface area contributed by atoms with Crippen LogP contribution in [-0.2, 0) is 6.61 Å². The Morgan fingerprint density at radius 2 is 1.82 bits per heavy atom. The second kappa shape index (κ2) is 5.71. The summed E-state index contributed by atoms with van der Waals surface area (Å²) in [6.45, 7) is 2.17. The Bertz CT molecular complexity index is 508. The SMILES string of the molecule is Cc1cc(CO)ccc1Sc1ccc(Br)cc1. The van der Waals surface area contributed by atoms with Crippen LogP contribution in [0.5, 0.6) is 0 Å². The average Bonchev–Trinajstić information content (AvgIpc) is 2.34. The molecule has 0 atom stereocenters. The summed E-state index contributed by atoms with van der Waals surface area (Å²) in [6, 6.07) is 14.3. The zero-order valence-corrected chi connectivity index (χ0v) is 11.9. The van der Waals surface area contributed by atoms with Crippen LogP contribution in [0.25, 0.3) is 0 Å². The van der Waals surface area contributed by atoms with Gasteiger partial charge in [0.2, 0.25) is 0 Å². The third-order valence-corrected chi connectivity index (χ3v) is 4.18. The number of hydrogen-bond acceptors (Lipinski definition) is 2. The normalized spacial score (nSPS) is 10.5. The molecule has 17 heavy (non-hydrogen) atoms. The van der Waals surface area contributed by atoms with E-state index in [0.717, 1.165) is 10.0 Å². The predicted octanol–water partition coefficient (Wildman–Crippen LogP) is 4.40. The highest BCUT2D eigenvalue weighted by atomic mass is 79.9. The second-order valence-corrected chi connectivity index (χ2v) is 5.84.